The van der Waals surface area contributed by atoms with E-state index in [0.29, 0.717) is 23.7 Å². The van der Waals surface area contributed by atoms with Crippen LogP contribution in [0, 0.1) is 19.8 Å². The summed E-state index contributed by atoms with van der Waals surface area (Å²) in [6.07, 6.45) is 0.390. The molecular weight excluding hydrogens is 472 g/mol. The Bertz CT molecular complexity index is 1160. The van der Waals surface area contributed by atoms with Gasteiger partial charge in [-0.1, -0.05) is 85.6 Å². The number of carbonyl (C=O) groups is 2. The van der Waals surface area contributed by atoms with Crippen LogP contribution in [0.25, 0.3) is 0 Å². The highest BCUT2D eigenvalue weighted by molar-refractivity contribution is 6.30. The lowest BCUT2D eigenvalue weighted by Gasteiger charge is -2.32. The third-order valence-electron chi connectivity index (χ3n) is 5.88. The molecule has 0 aliphatic carbocycles. The van der Waals surface area contributed by atoms with Crippen LogP contribution in [-0.4, -0.2) is 35.9 Å². The van der Waals surface area contributed by atoms with Gasteiger partial charge in [-0.15, -0.1) is 0 Å². The molecule has 0 saturated carbocycles. The molecule has 3 aromatic rings. The normalized spacial score (nSPS) is 11.7. The summed E-state index contributed by atoms with van der Waals surface area (Å²) in [6, 6.07) is 22.2. The first kappa shape index (κ1) is 27.3. The fourth-order valence-electron chi connectivity index (χ4n) is 3.99. The highest BCUT2D eigenvalue weighted by Crippen LogP contribution is 2.21. The van der Waals surface area contributed by atoms with Crippen molar-refractivity contribution in [1.29, 1.82) is 0 Å². The number of nitrogens with one attached hydrogen (secondary N) is 1. The van der Waals surface area contributed by atoms with Crippen LogP contribution >= 0.6 is 11.6 Å². The van der Waals surface area contributed by atoms with Gasteiger partial charge in [-0.25, -0.2) is 0 Å². The molecule has 0 fully saturated rings. The van der Waals surface area contributed by atoms with Gasteiger partial charge in [-0.3, -0.25) is 9.59 Å². The zero-order valence-corrected chi connectivity index (χ0v) is 22.2. The maximum Gasteiger partial charge on any atom is 0.261 e. The second kappa shape index (κ2) is 13.1. The van der Waals surface area contributed by atoms with E-state index in [4.69, 9.17) is 16.3 Å². The Kier molecular flexibility index (Phi) is 9.95. The lowest BCUT2D eigenvalue weighted by Crippen LogP contribution is -2.52. The average Bonchev–Trinajstić information content (AvgIpc) is 2.84. The Morgan fingerprint density at radius 1 is 0.944 bits per heavy atom. The molecule has 1 N–H and O–H groups in total. The van der Waals surface area contributed by atoms with E-state index >= 15 is 0 Å². The lowest BCUT2D eigenvalue weighted by molar-refractivity contribution is -0.142. The molecule has 0 unspecified atom stereocenters. The van der Waals surface area contributed by atoms with E-state index in [1.165, 1.54) is 0 Å². The molecule has 6 heteroatoms. The average molecular weight is 507 g/mol. The zero-order valence-electron chi connectivity index (χ0n) is 21.5. The van der Waals surface area contributed by atoms with E-state index in [1.54, 1.807) is 11.0 Å². The Hall–Kier alpha value is -3.31. The number of halogens is 1. The molecule has 3 aromatic carbocycles. The SMILES string of the molecule is Cc1ccc(OCC(=O)N(Cc2cccc(Cl)c2)[C@H](Cc2ccccc2)C(=O)NCC(C)C)c(C)c1. The van der Waals surface area contributed by atoms with Gasteiger partial charge in [0.25, 0.3) is 5.91 Å². The third-order valence-corrected chi connectivity index (χ3v) is 6.11. The van der Waals surface area contributed by atoms with Crippen molar-refractivity contribution in [3.8, 4) is 5.75 Å². The van der Waals surface area contributed by atoms with Crippen molar-refractivity contribution in [1.82, 2.24) is 10.2 Å². The van der Waals surface area contributed by atoms with Gasteiger partial charge in [0.15, 0.2) is 6.61 Å². The lowest BCUT2D eigenvalue weighted by atomic mass is 10.0. The molecule has 0 heterocycles. The number of aryl methyl sites for hydroxylation is 2. The molecule has 0 saturated heterocycles. The van der Waals surface area contributed by atoms with Crippen molar-refractivity contribution in [2.75, 3.05) is 13.2 Å². The van der Waals surface area contributed by atoms with Crippen LogP contribution in [0.5, 0.6) is 5.75 Å². The van der Waals surface area contributed by atoms with Crippen LogP contribution < -0.4 is 10.1 Å². The number of amides is 2. The summed E-state index contributed by atoms with van der Waals surface area (Å²) in [5.41, 5.74) is 3.90. The molecule has 0 spiro atoms. The molecule has 3 rings (SSSR count). The smallest absolute Gasteiger partial charge is 0.261 e. The number of hydrogen-bond donors (Lipinski definition) is 1. The molecule has 190 valence electrons. The molecule has 0 radical (unpaired) electrons. The number of benzene rings is 3. The second-order valence-corrected chi connectivity index (χ2v) is 9.99. The van der Waals surface area contributed by atoms with E-state index in [1.807, 2.05) is 94.4 Å². The van der Waals surface area contributed by atoms with Crippen LogP contribution in [-0.2, 0) is 22.6 Å². The first-order valence-corrected chi connectivity index (χ1v) is 12.7. The van der Waals surface area contributed by atoms with Gasteiger partial charge in [0, 0.05) is 24.5 Å². The topological polar surface area (TPSA) is 58.6 Å². The van der Waals surface area contributed by atoms with Crippen molar-refractivity contribution < 1.29 is 14.3 Å². The van der Waals surface area contributed by atoms with Gasteiger partial charge >= 0.3 is 0 Å². The van der Waals surface area contributed by atoms with E-state index in [2.05, 4.69) is 5.32 Å². The highest BCUT2D eigenvalue weighted by atomic mass is 35.5. The fourth-order valence-corrected chi connectivity index (χ4v) is 4.21. The minimum Gasteiger partial charge on any atom is -0.483 e. The van der Waals surface area contributed by atoms with Crippen molar-refractivity contribution in [3.63, 3.8) is 0 Å². The van der Waals surface area contributed by atoms with Gasteiger partial charge in [0.05, 0.1) is 0 Å². The van der Waals surface area contributed by atoms with E-state index in [-0.39, 0.29) is 30.9 Å². The summed E-state index contributed by atoms with van der Waals surface area (Å²) in [5.74, 6) is 0.488. The molecule has 1 atom stereocenters. The van der Waals surface area contributed by atoms with Gasteiger partial charge in [-0.05, 0) is 54.7 Å². The third kappa shape index (κ3) is 8.13. The van der Waals surface area contributed by atoms with Crippen molar-refractivity contribution in [2.24, 2.45) is 5.92 Å². The van der Waals surface area contributed by atoms with Crippen molar-refractivity contribution in [3.05, 3.63) is 100 Å². The second-order valence-electron chi connectivity index (χ2n) is 9.55. The van der Waals surface area contributed by atoms with Gasteiger partial charge in [0.1, 0.15) is 11.8 Å². The zero-order chi connectivity index (χ0) is 26.1. The molecule has 5 nitrogen and oxygen atoms in total. The number of hydrogen-bond acceptors (Lipinski definition) is 3. The summed E-state index contributed by atoms with van der Waals surface area (Å²) < 4.78 is 5.93. The van der Waals surface area contributed by atoms with Crippen LogP contribution in [0.1, 0.15) is 36.1 Å². The Morgan fingerprint density at radius 2 is 1.67 bits per heavy atom. The predicted octanol–water partition coefficient (Wildman–Crippen LogP) is 5.75. The van der Waals surface area contributed by atoms with E-state index < -0.39 is 6.04 Å². The Labute approximate surface area is 219 Å². The van der Waals surface area contributed by atoms with Crippen molar-refractivity contribution >= 4 is 23.4 Å². The largest absolute Gasteiger partial charge is 0.483 e. The molecule has 36 heavy (non-hydrogen) atoms. The maximum atomic E-state index is 13.6. The van der Waals surface area contributed by atoms with Crippen LogP contribution in [0.15, 0.2) is 72.8 Å². The summed E-state index contributed by atoms with van der Waals surface area (Å²) >= 11 is 6.23. The number of ether oxygens (including phenoxy) is 1. The van der Waals surface area contributed by atoms with Crippen LogP contribution in [0.2, 0.25) is 5.02 Å². The molecule has 0 aliphatic heterocycles. The van der Waals surface area contributed by atoms with Crippen molar-refractivity contribution in [2.45, 2.75) is 46.7 Å². The summed E-state index contributed by atoms with van der Waals surface area (Å²) in [7, 11) is 0. The molecular formula is C30H35ClN2O3. The number of rotatable bonds is 11. The summed E-state index contributed by atoms with van der Waals surface area (Å²) in [6.45, 7) is 8.64. The standard InChI is InChI=1S/C30H35ClN2O3/c1-21(2)18-32-30(35)27(17-24-9-6-5-7-10-24)33(19-25-11-8-12-26(31)16-25)29(34)20-36-28-14-13-22(3)15-23(28)4/h5-16,21,27H,17-20H2,1-4H3,(H,32,35)/t27-/m1/s1. The monoisotopic (exact) mass is 506 g/mol. The van der Waals surface area contributed by atoms with Gasteiger partial charge < -0.3 is 15.0 Å². The maximum absolute atomic E-state index is 13.6. The first-order chi connectivity index (χ1) is 17.2. The predicted molar refractivity (Wildman–Crippen MR) is 145 cm³/mol. The van der Waals surface area contributed by atoms with E-state index in [9.17, 15) is 9.59 Å². The minimum absolute atomic E-state index is 0.173. The van der Waals surface area contributed by atoms with Gasteiger partial charge in [0.2, 0.25) is 5.91 Å². The fraction of sp³-hybridized carbons (Fsp3) is 0.333. The molecule has 0 bridgehead atoms. The highest BCUT2D eigenvalue weighted by Gasteiger charge is 2.31. The summed E-state index contributed by atoms with van der Waals surface area (Å²) in [4.78, 5) is 28.7. The first-order valence-electron chi connectivity index (χ1n) is 12.3. The van der Waals surface area contributed by atoms with Crippen LogP contribution in [0.3, 0.4) is 0 Å². The van der Waals surface area contributed by atoms with Crippen LogP contribution in [0.4, 0.5) is 0 Å². The molecule has 0 aliphatic rings. The summed E-state index contributed by atoms with van der Waals surface area (Å²) in [5, 5.41) is 3.60. The van der Waals surface area contributed by atoms with E-state index in [0.717, 1.165) is 22.3 Å². The molecule has 2 amide bonds. The van der Waals surface area contributed by atoms with Gasteiger partial charge in [-0.2, -0.15) is 0 Å². The molecule has 0 aromatic heterocycles. The number of nitrogens with zero attached hydrogens (tertiary/aromatic N) is 1. The quantitative estimate of drug-likeness (QED) is 0.360. The Morgan fingerprint density at radius 3 is 2.33 bits per heavy atom. The Balaban J connectivity index is 1.91. The minimum atomic E-state index is -0.708. The number of carbonyl (C=O) groups excluding carboxylic acids is 2.